The first-order chi connectivity index (χ1) is 14.5. The maximum Gasteiger partial charge on any atom is 0.413 e. The number of imide groups is 1. The number of amides is 4. The molecule has 1 aromatic carbocycles. The van der Waals surface area contributed by atoms with Crippen LogP contribution in [0.25, 0.3) is 0 Å². The fourth-order valence-corrected chi connectivity index (χ4v) is 4.60. The summed E-state index contributed by atoms with van der Waals surface area (Å²) in [6.45, 7) is 1.19. The Morgan fingerprint density at radius 1 is 1.20 bits per heavy atom. The molecule has 1 aromatic heterocycles. The molecule has 0 bridgehead atoms. The van der Waals surface area contributed by atoms with Crippen molar-refractivity contribution in [2.45, 2.75) is 25.8 Å². The molecule has 0 aliphatic carbocycles. The minimum atomic E-state index is -0.581. The Labute approximate surface area is 176 Å². The van der Waals surface area contributed by atoms with Gasteiger partial charge in [0.05, 0.1) is 30.5 Å². The van der Waals surface area contributed by atoms with E-state index in [-0.39, 0.29) is 30.7 Å². The first-order valence-corrected chi connectivity index (χ1v) is 10.4. The fraction of sp³-hybridized carbons (Fsp3) is 0.350. The van der Waals surface area contributed by atoms with E-state index in [1.54, 1.807) is 29.2 Å². The molecule has 2 aromatic rings. The fourth-order valence-electron chi connectivity index (χ4n) is 3.59. The van der Waals surface area contributed by atoms with Crippen molar-refractivity contribution in [1.82, 2.24) is 14.8 Å². The summed E-state index contributed by atoms with van der Waals surface area (Å²) in [4.78, 5) is 57.0. The van der Waals surface area contributed by atoms with Crippen LogP contribution in [0.3, 0.4) is 0 Å². The molecule has 4 amide bonds. The zero-order valence-corrected chi connectivity index (χ0v) is 17.2. The van der Waals surface area contributed by atoms with Crippen LogP contribution in [0.4, 0.5) is 9.93 Å². The highest BCUT2D eigenvalue weighted by Crippen LogP contribution is 2.29. The van der Waals surface area contributed by atoms with E-state index in [4.69, 9.17) is 0 Å². The Balaban J connectivity index is 1.30. The predicted octanol–water partition coefficient (Wildman–Crippen LogP) is 2.28. The van der Waals surface area contributed by atoms with E-state index in [0.29, 0.717) is 42.2 Å². The van der Waals surface area contributed by atoms with Crippen LogP contribution in [0, 0.1) is 0 Å². The topological polar surface area (TPSA) is 109 Å². The summed E-state index contributed by atoms with van der Waals surface area (Å²) in [6.07, 6.45) is 0.682. The normalized spacial score (nSPS) is 15.1. The lowest BCUT2D eigenvalue weighted by atomic mass is 10.1. The molecule has 0 saturated heterocycles. The number of nitrogens with zero attached hydrogens (tertiary/aromatic N) is 3. The molecule has 3 heterocycles. The van der Waals surface area contributed by atoms with E-state index in [1.165, 1.54) is 23.3 Å². The molecule has 4 rings (SSSR count). The van der Waals surface area contributed by atoms with Crippen molar-refractivity contribution in [3.05, 3.63) is 46.0 Å². The van der Waals surface area contributed by atoms with Gasteiger partial charge in [0.2, 0.25) is 5.91 Å². The number of nitrogens with one attached hydrogen (secondary N) is 1. The molecule has 9 nitrogen and oxygen atoms in total. The number of aromatic nitrogens is 1. The number of hydrogen-bond acceptors (Lipinski definition) is 7. The Hall–Kier alpha value is -3.27. The average molecular weight is 428 g/mol. The molecule has 0 unspecified atom stereocenters. The average Bonchev–Trinajstić information content (AvgIpc) is 3.26. The minimum absolute atomic E-state index is 0.0341. The van der Waals surface area contributed by atoms with Gasteiger partial charge in [-0.05, 0) is 18.6 Å². The van der Waals surface area contributed by atoms with Crippen molar-refractivity contribution in [2.75, 3.05) is 25.5 Å². The van der Waals surface area contributed by atoms with E-state index in [9.17, 15) is 19.2 Å². The van der Waals surface area contributed by atoms with Gasteiger partial charge >= 0.3 is 6.09 Å². The first kappa shape index (κ1) is 20.0. The number of anilines is 1. The third-order valence-electron chi connectivity index (χ3n) is 5.13. The lowest BCUT2D eigenvalue weighted by molar-refractivity contribution is -0.132. The summed E-state index contributed by atoms with van der Waals surface area (Å²) in [6, 6.07) is 6.75. The van der Waals surface area contributed by atoms with E-state index in [0.717, 1.165) is 10.6 Å². The smallest absolute Gasteiger partial charge is 0.413 e. The number of carbonyl (C=O) groups is 4. The molecule has 0 fully saturated rings. The number of fused-ring (bicyclic) bond motifs is 2. The number of carbonyl (C=O) groups excluding carboxylic acids is 4. The van der Waals surface area contributed by atoms with E-state index < -0.39 is 6.09 Å². The van der Waals surface area contributed by atoms with Crippen LogP contribution in [0.15, 0.2) is 24.3 Å². The van der Waals surface area contributed by atoms with E-state index in [2.05, 4.69) is 15.0 Å². The molecule has 0 atom stereocenters. The standard InChI is InChI=1S/C20H20N4O5S/c1-29-20(28)22-19-21-14-8-10-23(11-15(14)30-19)16(25)7-4-9-24-17(26)12-5-2-3-6-13(12)18(24)27/h2-3,5-6H,4,7-11H2,1H3,(H,21,22,28). The molecule has 2 aliphatic rings. The summed E-state index contributed by atoms with van der Waals surface area (Å²) < 4.78 is 4.57. The molecule has 2 aliphatic heterocycles. The maximum absolute atomic E-state index is 12.6. The van der Waals surface area contributed by atoms with Crippen molar-refractivity contribution in [1.29, 1.82) is 0 Å². The van der Waals surface area contributed by atoms with Gasteiger partial charge in [0.1, 0.15) is 0 Å². The highest BCUT2D eigenvalue weighted by Gasteiger charge is 2.34. The monoisotopic (exact) mass is 428 g/mol. The third kappa shape index (κ3) is 3.78. The van der Waals surface area contributed by atoms with Crippen LogP contribution in [0.2, 0.25) is 0 Å². The summed E-state index contributed by atoms with van der Waals surface area (Å²) in [5.74, 6) is -0.643. The van der Waals surface area contributed by atoms with Gasteiger partial charge in [-0.15, -0.1) is 0 Å². The molecule has 0 radical (unpaired) electrons. The van der Waals surface area contributed by atoms with Gasteiger partial charge in [0.15, 0.2) is 5.13 Å². The number of ether oxygens (including phenoxy) is 1. The van der Waals surface area contributed by atoms with Crippen molar-refractivity contribution in [3.8, 4) is 0 Å². The largest absolute Gasteiger partial charge is 0.453 e. The first-order valence-electron chi connectivity index (χ1n) is 9.54. The molecule has 0 spiro atoms. The van der Waals surface area contributed by atoms with E-state index >= 15 is 0 Å². The van der Waals surface area contributed by atoms with Crippen molar-refractivity contribution < 1.29 is 23.9 Å². The highest BCUT2D eigenvalue weighted by atomic mass is 32.1. The second-order valence-electron chi connectivity index (χ2n) is 6.98. The number of hydrogen-bond donors (Lipinski definition) is 1. The van der Waals surface area contributed by atoms with Gasteiger partial charge in [-0.25, -0.2) is 9.78 Å². The van der Waals surface area contributed by atoms with Gasteiger partial charge in [0.25, 0.3) is 11.8 Å². The summed E-state index contributed by atoms with van der Waals surface area (Å²) in [7, 11) is 1.28. The molecular formula is C20H20N4O5S. The second-order valence-corrected chi connectivity index (χ2v) is 8.07. The number of rotatable bonds is 5. The van der Waals surface area contributed by atoms with Crippen LogP contribution < -0.4 is 5.32 Å². The number of methoxy groups -OCH3 is 1. The highest BCUT2D eigenvalue weighted by molar-refractivity contribution is 7.15. The molecule has 30 heavy (non-hydrogen) atoms. The molecule has 0 saturated carbocycles. The Kier molecular flexibility index (Phi) is 5.49. The Morgan fingerprint density at radius 2 is 1.90 bits per heavy atom. The molecular weight excluding hydrogens is 408 g/mol. The third-order valence-corrected chi connectivity index (χ3v) is 6.13. The van der Waals surface area contributed by atoms with Crippen molar-refractivity contribution in [3.63, 3.8) is 0 Å². The summed E-state index contributed by atoms with van der Waals surface area (Å²) in [5, 5.41) is 3.00. The zero-order valence-electron chi connectivity index (χ0n) is 16.3. The van der Waals surface area contributed by atoms with Crippen LogP contribution in [-0.4, -0.2) is 58.8 Å². The molecule has 10 heteroatoms. The summed E-state index contributed by atoms with van der Waals surface area (Å²) in [5.41, 5.74) is 1.71. The SMILES string of the molecule is COC(=O)Nc1nc2c(s1)CN(C(=O)CCCN1C(=O)c3ccccc3C1=O)CC2. The van der Waals surface area contributed by atoms with Crippen LogP contribution >= 0.6 is 11.3 Å². The van der Waals surface area contributed by atoms with Crippen LogP contribution in [-0.2, 0) is 22.5 Å². The second kappa shape index (κ2) is 8.23. The van der Waals surface area contributed by atoms with Gasteiger partial charge in [-0.3, -0.25) is 24.6 Å². The van der Waals surface area contributed by atoms with Crippen LogP contribution in [0.1, 0.15) is 44.1 Å². The lowest BCUT2D eigenvalue weighted by Crippen LogP contribution is -2.36. The lowest BCUT2D eigenvalue weighted by Gasteiger charge is -2.26. The number of thiazole rings is 1. The minimum Gasteiger partial charge on any atom is -0.453 e. The zero-order chi connectivity index (χ0) is 21.3. The Morgan fingerprint density at radius 3 is 2.57 bits per heavy atom. The van der Waals surface area contributed by atoms with Crippen molar-refractivity contribution >= 4 is 40.3 Å². The molecule has 156 valence electrons. The van der Waals surface area contributed by atoms with E-state index in [1.807, 2.05) is 0 Å². The summed E-state index contributed by atoms with van der Waals surface area (Å²) >= 11 is 1.32. The van der Waals surface area contributed by atoms with Crippen molar-refractivity contribution in [2.24, 2.45) is 0 Å². The van der Waals surface area contributed by atoms with Gasteiger partial charge < -0.3 is 9.64 Å². The quantitative estimate of drug-likeness (QED) is 0.732. The van der Waals surface area contributed by atoms with Gasteiger partial charge in [0, 0.05) is 30.8 Å². The Bertz CT molecular complexity index is 999. The number of benzene rings is 1. The van der Waals surface area contributed by atoms with Crippen LogP contribution in [0.5, 0.6) is 0 Å². The van der Waals surface area contributed by atoms with Gasteiger partial charge in [-0.1, -0.05) is 23.5 Å². The van der Waals surface area contributed by atoms with Gasteiger partial charge in [-0.2, -0.15) is 0 Å². The maximum atomic E-state index is 12.6. The molecule has 1 N–H and O–H groups in total. The predicted molar refractivity (Wildman–Crippen MR) is 108 cm³/mol.